The van der Waals surface area contributed by atoms with Gasteiger partial charge in [-0.1, -0.05) is 31.4 Å². The van der Waals surface area contributed by atoms with Gasteiger partial charge < -0.3 is 15.0 Å². The summed E-state index contributed by atoms with van der Waals surface area (Å²) in [6, 6.07) is 13.8. The fourth-order valence-corrected chi connectivity index (χ4v) is 6.93. The molecule has 234 valence electrons. The number of nitrogens with one attached hydrogen (secondary N) is 1. The van der Waals surface area contributed by atoms with Crippen LogP contribution in [0.2, 0.25) is 0 Å². The number of alkyl halides is 3. The van der Waals surface area contributed by atoms with Gasteiger partial charge in [0, 0.05) is 60.2 Å². The first-order valence-electron chi connectivity index (χ1n) is 15.0. The average molecular weight is 644 g/mol. The lowest BCUT2D eigenvalue weighted by molar-refractivity contribution is -0.189. The number of halogens is 3. The summed E-state index contributed by atoms with van der Waals surface area (Å²) in [5.74, 6) is 2.55. The van der Waals surface area contributed by atoms with E-state index in [-0.39, 0.29) is 17.7 Å². The summed E-state index contributed by atoms with van der Waals surface area (Å²) in [5.41, 5.74) is 2.58. The summed E-state index contributed by atoms with van der Waals surface area (Å²) in [7, 11) is 0. The van der Waals surface area contributed by atoms with Gasteiger partial charge in [0.05, 0.1) is 10.9 Å². The van der Waals surface area contributed by atoms with Crippen LogP contribution in [0.25, 0.3) is 21.0 Å². The Balaban J connectivity index is 0.000000229. The van der Waals surface area contributed by atoms with Crippen molar-refractivity contribution in [3.8, 4) is 33.0 Å². The van der Waals surface area contributed by atoms with Crippen LogP contribution in [0.4, 0.5) is 18.9 Å². The lowest BCUT2D eigenvalue weighted by Crippen LogP contribution is -2.40. The van der Waals surface area contributed by atoms with Crippen LogP contribution >= 0.6 is 23.1 Å². The smallest absolute Gasteiger partial charge is 0.425 e. The molecule has 1 unspecified atom stereocenters. The minimum Gasteiger partial charge on any atom is -0.465 e. The Hall–Kier alpha value is -3.30. The molecular formula is C32H36F3N5O2S2. The minimum absolute atomic E-state index is 0.0629. The number of anilines is 1. The van der Waals surface area contributed by atoms with E-state index < -0.39 is 17.8 Å². The Morgan fingerprint density at radius 2 is 1.73 bits per heavy atom. The Morgan fingerprint density at radius 1 is 1.05 bits per heavy atom. The van der Waals surface area contributed by atoms with Crippen LogP contribution in [0.3, 0.4) is 0 Å². The van der Waals surface area contributed by atoms with Gasteiger partial charge in [-0.25, -0.2) is 9.97 Å². The number of ether oxygens (including phenoxy) is 1. The van der Waals surface area contributed by atoms with E-state index in [1.807, 2.05) is 18.0 Å². The van der Waals surface area contributed by atoms with Gasteiger partial charge in [-0.05, 0) is 56.4 Å². The van der Waals surface area contributed by atoms with Crippen molar-refractivity contribution >= 4 is 34.7 Å². The number of thioether (sulfide) groups is 1. The second-order valence-electron chi connectivity index (χ2n) is 11.4. The highest BCUT2D eigenvalue weighted by Crippen LogP contribution is 2.36. The number of carbonyl (C=O) groups is 1. The summed E-state index contributed by atoms with van der Waals surface area (Å²) in [4.78, 5) is 23.6. The molecule has 44 heavy (non-hydrogen) atoms. The van der Waals surface area contributed by atoms with Crippen LogP contribution in [-0.4, -0.2) is 58.3 Å². The molecule has 1 aromatic carbocycles. The van der Waals surface area contributed by atoms with Gasteiger partial charge in [-0.3, -0.25) is 4.79 Å². The SMILES string of the molecule is CC(Oc1ccc(-c2ncc(-c3ccc(N4CCSCC4)cc3)s2)cn1)C(F)(F)F.N#CC1(NC(=O)C2CCCCC2)CC1. The number of nitrogens with zero attached hydrogens (tertiary/aromatic N) is 4. The van der Waals surface area contributed by atoms with Crippen LogP contribution in [0, 0.1) is 17.2 Å². The number of carbonyl (C=O) groups excluding carboxylic acids is 1. The number of pyridine rings is 1. The second kappa shape index (κ2) is 14.2. The Kier molecular flexibility index (Phi) is 10.4. The van der Waals surface area contributed by atoms with E-state index in [4.69, 9.17) is 10.00 Å². The van der Waals surface area contributed by atoms with Crippen molar-refractivity contribution in [3.63, 3.8) is 0 Å². The maximum absolute atomic E-state index is 12.6. The summed E-state index contributed by atoms with van der Waals surface area (Å²) in [6.07, 6.45) is 4.23. The number of aromatic nitrogens is 2. The van der Waals surface area contributed by atoms with E-state index in [1.165, 1.54) is 35.7 Å². The highest BCUT2D eigenvalue weighted by atomic mass is 32.2. The van der Waals surface area contributed by atoms with Crippen LogP contribution in [-0.2, 0) is 4.79 Å². The highest BCUT2D eigenvalue weighted by Gasteiger charge is 2.45. The molecule has 3 fully saturated rings. The summed E-state index contributed by atoms with van der Waals surface area (Å²) >= 11 is 3.50. The van der Waals surface area contributed by atoms with E-state index in [1.54, 1.807) is 6.07 Å². The maximum atomic E-state index is 12.6. The molecule has 1 aliphatic heterocycles. The molecule has 2 aromatic heterocycles. The van der Waals surface area contributed by atoms with Crippen LogP contribution in [0.15, 0.2) is 48.8 Å². The number of hydrogen-bond donors (Lipinski definition) is 1. The summed E-state index contributed by atoms with van der Waals surface area (Å²) in [6.45, 7) is 3.10. The van der Waals surface area contributed by atoms with E-state index in [9.17, 15) is 18.0 Å². The number of nitriles is 1. The number of amides is 1. The van der Waals surface area contributed by atoms with Crippen molar-refractivity contribution in [1.82, 2.24) is 15.3 Å². The van der Waals surface area contributed by atoms with Crippen LogP contribution < -0.4 is 15.0 Å². The minimum atomic E-state index is -4.42. The topological polar surface area (TPSA) is 91.1 Å². The molecular weight excluding hydrogens is 608 g/mol. The van der Waals surface area contributed by atoms with Gasteiger partial charge in [0.15, 0.2) is 6.10 Å². The predicted octanol–water partition coefficient (Wildman–Crippen LogP) is 7.49. The van der Waals surface area contributed by atoms with Gasteiger partial charge in [0.1, 0.15) is 10.5 Å². The van der Waals surface area contributed by atoms with Gasteiger partial charge in [0.25, 0.3) is 0 Å². The van der Waals surface area contributed by atoms with E-state index in [2.05, 4.69) is 50.5 Å². The first-order valence-corrected chi connectivity index (χ1v) is 16.9. The molecule has 2 aliphatic carbocycles. The van der Waals surface area contributed by atoms with Gasteiger partial charge >= 0.3 is 6.18 Å². The third-order valence-electron chi connectivity index (χ3n) is 8.08. The molecule has 0 spiro atoms. The Labute approximate surface area is 264 Å². The molecule has 3 heterocycles. The largest absolute Gasteiger partial charge is 0.465 e. The molecule has 1 N–H and O–H groups in total. The molecule has 12 heteroatoms. The van der Waals surface area contributed by atoms with Gasteiger partial charge in [-0.15, -0.1) is 11.3 Å². The second-order valence-corrected chi connectivity index (χ2v) is 13.6. The third kappa shape index (κ3) is 8.45. The number of thiazole rings is 1. The zero-order valence-electron chi connectivity index (χ0n) is 24.6. The summed E-state index contributed by atoms with van der Waals surface area (Å²) < 4.78 is 42.7. The average Bonchev–Trinajstić information content (AvgIpc) is 3.65. The molecule has 3 aromatic rings. The molecule has 3 aliphatic rings. The molecule has 2 saturated carbocycles. The van der Waals surface area contributed by atoms with Crippen molar-refractivity contribution in [1.29, 1.82) is 5.26 Å². The molecule has 7 nitrogen and oxygen atoms in total. The van der Waals surface area contributed by atoms with Crippen molar-refractivity contribution in [2.24, 2.45) is 5.92 Å². The highest BCUT2D eigenvalue weighted by molar-refractivity contribution is 7.99. The lowest BCUT2D eigenvalue weighted by atomic mass is 9.88. The zero-order valence-corrected chi connectivity index (χ0v) is 26.2. The Morgan fingerprint density at radius 3 is 2.32 bits per heavy atom. The zero-order chi connectivity index (χ0) is 31.2. The van der Waals surface area contributed by atoms with E-state index in [0.29, 0.717) is 0 Å². The Bertz CT molecular complexity index is 1420. The van der Waals surface area contributed by atoms with E-state index >= 15 is 0 Å². The fraction of sp³-hybridized carbons (Fsp3) is 0.500. The van der Waals surface area contributed by atoms with Crippen LogP contribution in [0.1, 0.15) is 51.9 Å². The molecule has 6 rings (SSSR count). The number of benzene rings is 1. The van der Waals surface area contributed by atoms with Crippen molar-refractivity contribution in [2.75, 3.05) is 29.5 Å². The molecule has 0 radical (unpaired) electrons. The lowest BCUT2D eigenvalue weighted by Gasteiger charge is -2.28. The summed E-state index contributed by atoms with van der Waals surface area (Å²) in [5, 5.41) is 12.5. The number of rotatable bonds is 7. The number of hydrogen-bond acceptors (Lipinski definition) is 8. The van der Waals surface area contributed by atoms with E-state index in [0.717, 1.165) is 91.1 Å². The van der Waals surface area contributed by atoms with Crippen molar-refractivity contribution in [2.45, 2.75) is 69.7 Å². The quantitative estimate of drug-likeness (QED) is 0.285. The third-order valence-corrected chi connectivity index (χ3v) is 10.1. The molecule has 0 bridgehead atoms. The van der Waals surface area contributed by atoms with Gasteiger partial charge in [0.2, 0.25) is 11.8 Å². The normalized spacial score (nSPS) is 18.8. The monoisotopic (exact) mass is 643 g/mol. The van der Waals surface area contributed by atoms with Crippen molar-refractivity contribution < 1.29 is 22.7 Å². The van der Waals surface area contributed by atoms with Crippen molar-refractivity contribution in [3.05, 3.63) is 48.8 Å². The molecule has 1 saturated heterocycles. The maximum Gasteiger partial charge on any atom is 0.425 e. The first kappa shape index (κ1) is 32.1. The van der Waals surface area contributed by atoms with Crippen LogP contribution in [0.5, 0.6) is 5.88 Å². The van der Waals surface area contributed by atoms with Gasteiger partial charge in [-0.2, -0.15) is 30.2 Å². The predicted molar refractivity (Wildman–Crippen MR) is 169 cm³/mol. The molecule has 1 amide bonds. The standard InChI is InChI=1S/C21H20F3N3OS2.C11H16N2O/c1-14(21(22,23)24)28-19-7-4-16(12-25-19)20-26-13-18(30-20)15-2-5-17(6-3-15)27-8-10-29-11-9-27;12-8-11(6-7-11)13-10(14)9-4-2-1-3-5-9/h2-7,12-14H,8-11H2,1H3;9H,1-7H2,(H,13,14). The fourth-order valence-electron chi connectivity index (χ4n) is 5.12. The molecule has 1 atom stereocenters. The first-order chi connectivity index (χ1) is 21.2.